The van der Waals surface area contributed by atoms with Crippen LogP contribution >= 0.6 is 0 Å². The van der Waals surface area contributed by atoms with Crippen molar-refractivity contribution in [2.24, 2.45) is 5.73 Å². The number of carbonyl (C=O) groups is 1. The van der Waals surface area contributed by atoms with Crippen molar-refractivity contribution >= 4 is 5.91 Å². The minimum absolute atomic E-state index is 0.194. The molecule has 0 aliphatic heterocycles. The Labute approximate surface area is 55.9 Å². The molecule has 3 N–H and O–H groups in total. The summed E-state index contributed by atoms with van der Waals surface area (Å²) in [6.45, 7) is 0. The molecule has 0 spiro atoms. The van der Waals surface area contributed by atoms with Crippen LogP contribution < -0.4 is 11.4 Å². The normalized spacial score (nSPS) is 9.20. The van der Waals surface area contributed by atoms with Crippen LogP contribution in [0.4, 0.5) is 0 Å². The second-order valence-corrected chi connectivity index (χ2v) is 1.67. The lowest BCUT2D eigenvalue weighted by atomic mass is 10.3. The maximum Gasteiger partial charge on any atom is 0.344 e. The Morgan fingerprint density at radius 2 is 2.40 bits per heavy atom. The van der Waals surface area contributed by atoms with Crippen molar-refractivity contribution in [2.75, 3.05) is 0 Å². The van der Waals surface area contributed by atoms with Gasteiger partial charge in [-0.15, -0.1) is 0 Å². The molecule has 0 fully saturated rings. The molecular formula is C5H5N3O2. The van der Waals surface area contributed by atoms with E-state index in [4.69, 9.17) is 5.73 Å². The van der Waals surface area contributed by atoms with E-state index in [1.165, 1.54) is 6.20 Å². The monoisotopic (exact) mass is 139 g/mol. The summed E-state index contributed by atoms with van der Waals surface area (Å²) < 4.78 is 0. The molecule has 0 atom stereocenters. The molecule has 0 unspecified atom stereocenters. The standard InChI is InChI=1S/C5H5N3O2/c6-4(9)3-1-7-5(10)8-2-3/h1-2H,(H2,6,9)(H,7,8,10). The number of aromatic amines is 1. The third-order valence-corrected chi connectivity index (χ3v) is 0.957. The Balaban J connectivity index is 3.12. The number of rotatable bonds is 1. The Morgan fingerprint density at radius 1 is 1.70 bits per heavy atom. The molecule has 0 aliphatic rings. The molecule has 1 heterocycles. The fourth-order valence-electron chi connectivity index (χ4n) is 0.477. The van der Waals surface area contributed by atoms with Gasteiger partial charge in [0.15, 0.2) is 0 Å². The molecule has 10 heavy (non-hydrogen) atoms. The van der Waals surface area contributed by atoms with Gasteiger partial charge < -0.3 is 10.7 Å². The Kier molecular flexibility index (Phi) is 1.49. The number of hydrogen-bond donors (Lipinski definition) is 2. The number of nitrogens with one attached hydrogen (secondary N) is 1. The number of amides is 1. The van der Waals surface area contributed by atoms with E-state index in [0.29, 0.717) is 0 Å². The van der Waals surface area contributed by atoms with Crippen molar-refractivity contribution < 1.29 is 4.79 Å². The second kappa shape index (κ2) is 2.30. The summed E-state index contributed by atoms with van der Waals surface area (Å²) >= 11 is 0. The van der Waals surface area contributed by atoms with Gasteiger partial charge in [-0.05, 0) is 0 Å². The maximum absolute atomic E-state index is 10.4. The molecule has 1 aromatic rings. The van der Waals surface area contributed by atoms with Crippen LogP contribution in [-0.2, 0) is 0 Å². The SMILES string of the molecule is NC(=O)c1cnc(=O)[nH]c1. The lowest BCUT2D eigenvalue weighted by molar-refractivity contribution is 0.0999. The van der Waals surface area contributed by atoms with E-state index in [1.54, 1.807) is 0 Å². The van der Waals surface area contributed by atoms with Gasteiger partial charge in [0.05, 0.1) is 5.56 Å². The molecule has 5 nitrogen and oxygen atoms in total. The average molecular weight is 139 g/mol. The zero-order valence-corrected chi connectivity index (χ0v) is 5.00. The number of H-pyrrole nitrogens is 1. The predicted octanol–water partition coefficient (Wildman–Crippen LogP) is -1.13. The van der Waals surface area contributed by atoms with Gasteiger partial charge in [-0.3, -0.25) is 4.79 Å². The molecule has 1 aromatic heterocycles. The van der Waals surface area contributed by atoms with Crippen LogP contribution in [0.15, 0.2) is 17.2 Å². The van der Waals surface area contributed by atoms with Crippen molar-refractivity contribution in [2.45, 2.75) is 0 Å². The zero-order chi connectivity index (χ0) is 7.56. The van der Waals surface area contributed by atoms with Crippen LogP contribution in [0, 0.1) is 0 Å². The molecule has 0 bridgehead atoms. The number of nitrogens with two attached hydrogens (primary N) is 1. The fourth-order valence-corrected chi connectivity index (χ4v) is 0.477. The summed E-state index contributed by atoms with van der Waals surface area (Å²) in [5, 5.41) is 0. The number of aromatic nitrogens is 2. The second-order valence-electron chi connectivity index (χ2n) is 1.67. The highest BCUT2D eigenvalue weighted by Gasteiger charge is 1.97. The molecule has 1 rings (SSSR count). The highest BCUT2D eigenvalue weighted by Crippen LogP contribution is 1.85. The van der Waals surface area contributed by atoms with Gasteiger partial charge in [0.25, 0.3) is 5.91 Å². The molecule has 0 aliphatic carbocycles. The van der Waals surface area contributed by atoms with Gasteiger partial charge in [0.1, 0.15) is 0 Å². The van der Waals surface area contributed by atoms with Gasteiger partial charge in [0.2, 0.25) is 0 Å². The number of primary amides is 1. The minimum atomic E-state index is -0.608. The first-order chi connectivity index (χ1) is 4.70. The van der Waals surface area contributed by atoms with Gasteiger partial charge in [-0.2, -0.15) is 0 Å². The third-order valence-electron chi connectivity index (χ3n) is 0.957. The molecule has 52 valence electrons. The van der Waals surface area contributed by atoms with Crippen LogP contribution in [0.3, 0.4) is 0 Å². The summed E-state index contributed by atoms with van der Waals surface area (Å²) in [6, 6.07) is 0. The lowest BCUT2D eigenvalue weighted by Crippen LogP contribution is -2.16. The number of nitrogens with zero attached hydrogens (tertiary/aromatic N) is 1. The Bertz CT molecular complexity index is 284. The van der Waals surface area contributed by atoms with Crippen molar-refractivity contribution in [1.82, 2.24) is 9.97 Å². The summed E-state index contributed by atoms with van der Waals surface area (Å²) in [7, 11) is 0. The maximum atomic E-state index is 10.4. The molecular weight excluding hydrogens is 134 g/mol. The van der Waals surface area contributed by atoms with Crippen LogP contribution in [-0.4, -0.2) is 15.9 Å². The summed E-state index contributed by atoms with van der Waals surface area (Å²) in [4.78, 5) is 26.2. The van der Waals surface area contributed by atoms with E-state index >= 15 is 0 Å². The molecule has 0 saturated heterocycles. The minimum Gasteiger partial charge on any atom is -0.366 e. The number of hydrogen-bond acceptors (Lipinski definition) is 3. The van der Waals surface area contributed by atoms with Crippen LogP contribution in [0.2, 0.25) is 0 Å². The van der Waals surface area contributed by atoms with Crippen LogP contribution in [0.1, 0.15) is 10.4 Å². The first-order valence-electron chi connectivity index (χ1n) is 2.54. The first-order valence-corrected chi connectivity index (χ1v) is 2.54. The molecule has 0 radical (unpaired) electrons. The average Bonchev–Trinajstić information content (AvgIpc) is 1.88. The number of carbonyl (C=O) groups excluding carboxylic acids is 1. The van der Waals surface area contributed by atoms with Crippen molar-refractivity contribution in [3.8, 4) is 0 Å². The van der Waals surface area contributed by atoms with Crippen molar-refractivity contribution in [1.29, 1.82) is 0 Å². The third kappa shape index (κ3) is 1.19. The topological polar surface area (TPSA) is 88.8 Å². The van der Waals surface area contributed by atoms with Crippen LogP contribution in [0.25, 0.3) is 0 Å². The molecule has 0 saturated carbocycles. The van der Waals surface area contributed by atoms with E-state index in [2.05, 4.69) is 9.97 Å². The highest BCUT2D eigenvalue weighted by molar-refractivity contribution is 5.91. The fraction of sp³-hybridized carbons (Fsp3) is 0. The largest absolute Gasteiger partial charge is 0.366 e. The van der Waals surface area contributed by atoms with Crippen molar-refractivity contribution in [3.63, 3.8) is 0 Å². The van der Waals surface area contributed by atoms with Gasteiger partial charge in [-0.1, -0.05) is 0 Å². The van der Waals surface area contributed by atoms with Gasteiger partial charge >= 0.3 is 5.69 Å². The van der Waals surface area contributed by atoms with Crippen molar-refractivity contribution in [3.05, 3.63) is 28.4 Å². The lowest BCUT2D eigenvalue weighted by Gasteiger charge is -1.88. The smallest absolute Gasteiger partial charge is 0.344 e. The van der Waals surface area contributed by atoms with Crippen LogP contribution in [0.5, 0.6) is 0 Å². The summed E-state index contributed by atoms with van der Waals surface area (Å²) in [6.07, 6.45) is 2.35. The zero-order valence-electron chi connectivity index (χ0n) is 5.00. The molecule has 1 amide bonds. The predicted molar refractivity (Wildman–Crippen MR) is 33.4 cm³/mol. The quantitative estimate of drug-likeness (QED) is 0.515. The summed E-state index contributed by atoms with van der Waals surface area (Å²) in [5.74, 6) is -0.608. The van der Waals surface area contributed by atoms with Gasteiger partial charge in [0, 0.05) is 12.4 Å². The van der Waals surface area contributed by atoms with E-state index < -0.39 is 11.6 Å². The molecule has 5 heteroatoms. The van der Waals surface area contributed by atoms with E-state index in [9.17, 15) is 9.59 Å². The Hall–Kier alpha value is -1.65. The van der Waals surface area contributed by atoms with E-state index in [0.717, 1.165) is 6.20 Å². The summed E-state index contributed by atoms with van der Waals surface area (Å²) in [5.41, 5.74) is 4.56. The van der Waals surface area contributed by atoms with Gasteiger partial charge in [-0.25, -0.2) is 9.78 Å². The molecule has 0 aromatic carbocycles. The Morgan fingerprint density at radius 3 is 2.80 bits per heavy atom. The van der Waals surface area contributed by atoms with E-state index in [-0.39, 0.29) is 5.56 Å². The van der Waals surface area contributed by atoms with E-state index in [1.807, 2.05) is 0 Å². The first kappa shape index (κ1) is 6.47. The highest BCUT2D eigenvalue weighted by atomic mass is 16.1.